The highest BCUT2D eigenvalue weighted by atomic mass is 15.1. The van der Waals surface area contributed by atoms with Gasteiger partial charge in [-0.2, -0.15) is 5.26 Å². The maximum Gasteiger partial charge on any atom is 0.0640 e. The van der Waals surface area contributed by atoms with Crippen LogP contribution in [-0.2, 0) is 6.54 Å². The Kier molecular flexibility index (Phi) is 4.56. The fraction of sp³-hybridized carbons (Fsp3) is 0.250. The summed E-state index contributed by atoms with van der Waals surface area (Å²) in [6.07, 6.45) is 4.06. The van der Waals surface area contributed by atoms with Crippen molar-refractivity contribution < 1.29 is 0 Å². The zero-order valence-electron chi connectivity index (χ0n) is 11.6. The first kappa shape index (κ1) is 13.9. The van der Waals surface area contributed by atoms with Gasteiger partial charge in [0.1, 0.15) is 0 Å². The van der Waals surface area contributed by atoms with Crippen LogP contribution in [0, 0.1) is 18.3 Å². The second-order valence-corrected chi connectivity index (χ2v) is 4.75. The predicted octanol–water partition coefficient (Wildman–Crippen LogP) is 2.89. The van der Waals surface area contributed by atoms with Crippen LogP contribution in [0.3, 0.4) is 0 Å². The average molecular weight is 266 g/mol. The van der Waals surface area contributed by atoms with Crippen molar-refractivity contribution in [3.05, 3.63) is 53.9 Å². The lowest BCUT2D eigenvalue weighted by Crippen LogP contribution is -2.24. The molecule has 1 aromatic heterocycles. The number of aryl methyl sites for hydroxylation is 1. The van der Waals surface area contributed by atoms with Gasteiger partial charge in [-0.15, -0.1) is 0 Å². The molecule has 0 fully saturated rings. The van der Waals surface area contributed by atoms with Crippen LogP contribution in [0.4, 0.5) is 11.4 Å². The number of nitrogens with two attached hydrogens (primary N) is 1. The van der Waals surface area contributed by atoms with Gasteiger partial charge in [0.25, 0.3) is 0 Å². The lowest BCUT2D eigenvalue weighted by molar-refractivity contribution is 0.796. The molecule has 4 nitrogen and oxygen atoms in total. The first-order valence-corrected chi connectivity index (χ1v) is 6.57. The molecule has 0 radical (unpaired) electrons. The van der Waals surface area contributed by atoms with E-state index in [1.165, 1.54) is 0 Å². The molecule has 0 aliphatic rings. The Morgan fingerprint density at radius 3 is 2.90 bits per heavy atom. The summed E-state index contributed by atoms with van der Waals surface area (Å²) < 4.78 is 0. The third kappa shape index (κ3) is 3.48. The maximum absolute atomic E-state index is 8.83. The van der Waals surface area contributed by atoms with Crippen LogP contribution in [0.15, 0.2) is 42.7 Å². The van der Waals surface area contributed by atoms with E-state index in [2.05, 4.69) is 22.0 Å². The molecule has 1 heterocycles. The van der Waals surface area contributed by atoms with Crippen LogP contribution in [0.2, 0.25) is 0 Å². The molecular formula is C16H18N4. The number of hydrogen-bond acceptors (Lipinski definition) is 4. The molecule has 0 saturated heterocycles. The second kappa shape index (κ2) is 6.58. The van der Waals surface area contributed by atoms with Gasteiger partial charge in [-0.05, 0) is 36.2 Å². The van der Waals surface area contributed by atoms with Gasteiger partial charge in [-0.1, -0.05) is 12.1 Å². The molecule has 1 aromatic carbocycles. The largest absolute Gasteiger partial charge is 0.397 e. The number of hydrogen-bond donors (Lipinski definition) is 1. The minimum atomic E-state index is 0.466. The highest BCUT2D eigenvalue weighted by molar-refractivity contribution is 5.68. The normalized spacial score (nSPS) is 10.0. The van der Waals surface area contributed by atoms with E-state index >= 15 is 0 Å². The third-order valence-electron chi connectivity index (χ3n) is 3.12. The molecule has 0 aliphatic heterocycles. The van der Waals surface area contributed by atoms with Gasteiger partial charge >= 0.3 is 0 Å². The minimum absolute atomic E-state index is 0.466. The molecule has 2 rings (SSSR count). The molecule has 0 bridgehead atoms. The van der Waals surface area contributed by atoms with Crippen LogP contribution in [0.5, 0.6) is 0 Å². The second-order valence-electron chi connectivity index (χ2n) is 4.75. The monoisotopic (exact) mass is 266 g/mol. The van der Waals surface area contributed by atoms with Gasteiger partial charge in [-0.3, -0.25) is 4.98 Å². The Hall–Kier alpha value is -2.54. The summed E-state index contributed by atoms with van der Waals surface area (Å²) in [5.41, 5.74) is 10.0. The number of benzene rings is 1. The van der Waals surface area contributed by atoms with Crippen molar-refractivity contribution >= 4 is 11.4 Å². The van der Waals surface area contributed by atoms with Gasteiger partial charge in [-0.25, -0.2) is 0 Å². The lowest BCUT2D eigenvalue weighted by Gasteiger charge is -2.25. The fourth-order valence-electron chi connectivity index (χ4n) is 2.11. The quantitative estimate of drug-likeness (QED) is 0.845. The summed E-state index contributed by atoms with van der Waals surface area (Å²) in [4.78, 5) is 6.26. The zero-order valence-corrected chi connectivity index (χ0v) is 11.6. The predicted molar refractivity (Wildman–Crippen MR) is 81.1 cm³/mol. The van der Waals surface area contributed by atoms with Crippen LogP contribution in [0.25, 0.3) is 0 Å². The molecule has 0 unspecified atom stereocenters. The summed E-state index contributed by atoms with van der Waals surface area (Å²) >= 11 is 0. The van der Waals surface area contributed by atoms with E-state index in [1.807, 2.05) is 37.4 Å². The SMILES string of the molecule is Cc1ccc(N)c(N(CCC#N)Cc2cccnc2)c1. The number of nitrogens with zero attached hydrogens (tertiary/aromatic N) is 3. The molecule has 0 spiro atoms. The summed E-state index contributed by atoms with van der Waals surface area (Å²) in [5, 5.41) is 8.83. The van der Waals surface area contributed by atoms with E-state index in [4.69, 9.17) is 11.0 Å². The smallest absolute Gasteiger partial charge is 0.0640 e. The highest BCUT2D eigenvalue weighted by Gasteiger charge is 2.11. The number of anilines is 2. The van der Waals surface area contributed by atoms with Crippen LogP contribution < -0.4 is 10.6 Å². The summed E-state index contributed by atoms with van der Waals surface area (Å²) in [6, 6.07) is 12.1. The number of nitriles is 1. The average Bonchev–Trinajstić information content (AvgIpc) is 2.47. The molecule has 0 aliphatic carbocycles. The molecular weight excluding hydrogens is 248 g/mol. The number of pyridine rings is 1. The zero-order chi connectivity index (χ0) is 14.4. The summed E-state index contributed by atoms with van der Waals surface area (Å²) in [5.74, 6) is 0. The summed E-state index contributed by atoms with van der Waals surface area (Å²) in [6.45, 7) is 3.39. The van der Waals surface area contributed by atoms with Crippen molar-refractivity contribution in [2.75, 3.05) is 17.2 Å². The Morgan fingerprint density at radius 2 is 2.20 bits per heavy atom. The molecule has 0 saturated carbocycles. The van der Waals surface area contributed by atoms with E-state index < -0.39 is 0 Å². The molecule has 2 N–H and O–H groups in total. The molecule has 4 heteroatoms. The van der Waals surface area contributed by atoms with Gasteiger partial charge in [0.05, 0.1) is 23.9 Å². The fourth-order valence-corrected chi connectivity index (χ4v) is 2.11. The van der Waals surface area contributed by atoms with Crippen molar-refractivity contribution in [3.8, 4) is 6.07 Å². The first-order chi connectivity index (χ1) is 9.70. The number of aromatic nitrogens is 1. The van der Waals surface area contributed by atoms with E-state index in [-0.39, 0.29) is 0 Å². The van der Waals surface area contributed by atoms with E-state index in [0.29, 0.717) is 19.5 Å². The van der Waals surface area contributed by atoms with Crippen LogP contribution in [-0.4, -0.2) is 11.5 Å². The van der Waals surface area contributed by atoms with Crippen molar-refractivity contribution in [2.45, 2.75) is 19.9 Å². The van der Waals surface area contributed by atoms with Gasteiger partial charge in [0, 0.05) is 25.5 Å². The Morgan fingerprint density at radius 1 is 1.35 bits per heavy atom. The highest BCUT2D eigenvalue weighted by Crippen LogP contribution is 2.26. The minimum Gasteiger partial charge on any atom is -0.397 e. The number of nitrogen functional groups attached to an aromatic ring is 1. The van der Waals surface area contributed by atoms with Crippen molar-refractivity contribution in [1.82, 2.24) is 4.98 Å². The summed E-state index contributed by atoms with van der Waals surface area (Å²) in [7, 11) is 0. The molecule has 20 heavy (non-hydrogen) atoms. The van der Waals surface area contributed by atoms with Crippen LogP contribution in [0.1, 0.15) is 17.5 Å². The number of rotatable bonds is 5. The van der Waals surface area contributed by atoms with Crippen molar-refractivity contribution in [3.63, 3.8) is 0 Å². The molecule has 0 amide bonds. The Balaban J connectivity index is 2.27. The first-order valence-electron chi connectivity index (χ1n) is 6.57. The lowest BCUT2D eigenvalue weighted by atomic mass is 10.1. The van der Waals surface area contributed by atoms with Gasteiger partial charge in [0.15, 0.2) is 0 Å². The topological polar surface area (TPSA) is 65.9 Å². The van der Waals surface area contributed by atoms with Gasteiger partial charge in [0.2, 0.25) is 0 Å². The molecule has 0 atom stereocenters. The molecule has 102 valence electrons. The standard InChI is InChI=1S/C16H18N4/c1-13-5-6-15(18)16(10-13)20(9-3-7-17)12-14-4-2-8-19-11-14/h2,4-6,8,10-11H,3,9,12,18H2,1H3. The molecule has 2 aromatic rings. The maximum atomic E-state index is 8.83. The van der Waals surface area contributed by atoms with Crippen molar-refractivity contribution in [2.24, 2.45) is 0 Å². The van der Waals surface area contributed by atoms with Gasteiger partial charge < -0.3 is 10.6 Å². The van der Waals surface area contributed by atoms with E-state index in [0.717, 1.165) is 22.5 Å². The Bertz CT molecular complexity index is 602. The van der Waals surface area contributed by atoms with Crippen molar-refractivity contribution in [1.29, 1.82) is 5.26 Å². The van der Waals surface area contributed by atoms with E-state index in [9.17, 15) is 0 Å². The van der Waals surface area contributed by atoms with Crippen LogP contribution >= 0.6 is 0 Å². The third-order valence-corrected chi connectivity index (χ3v) is 3.12. The van der Waals surface area contributed by atoms with E-state index in [1.54, 1.807) is 6.20 Å². The Labute approximate surface area is 119 Å².